The lowest BCUT2D eigenvalue weighted by Crippen LogP contribution is -2.39. The van der Waals surface area contributed by atoms with E-state index < -0.39 is 0 Å². The van der Waals surface area contributed by atoms with Crippen molar-refractivity contribution >= 4 is 0 Å². The van der Waals surface area contributed by atoms with Gasteiger partial charge < -0.3 is 4.74 Å². The standard InChI is InChI=1S/C15H22N2O/c1-12(2)17(13(3)4)9-10-18-15-8-6-5-7-14(15)11-16/h5-8,12-13H,9-10H2,1-4H3. The molecule has 0 N–H and O–H groups in total. The minimum atomic E-state index is 0.500. The van der Waals surface area contributed by atoms with Crippen molar-refractivity contribution in [3.8, 4) is 11.8 Å². The largest absolute Gasteiger partial charge is 0.491 e. The van der Waals surface area contributed by atoms with Crippen molar-refractivity contribution in [2.24, 2.45) is 0 Å². The van der Waals surface area contributed by atoms with Gasteiger partial charge in [-0.05, 0) is 39.8 Å². The van der Waals surface area contributed by atoms with Gasteiger partial charge in [-0.1, -0.05) is 12.1 Å². The molecule has 0 saturated heterocycles. The normalized spacial score (nSPS) is 11.0. The molecule has 0 aliphatic carbocycles. The number of nitriles is 1. The monoisotopic (exact) mass is 246 g/mol. The summed E-state index contributed by atoms with van der Waals surface area (Å²) < 4.78 is 5.69. The van der Waals surface area contributed by atoms with Gasteiger partial charge in [-0.3, -0.25) is 4.90 Å². The maximum atomic E-state index is 8.96. The maximum absolute atomic E-state index is 8.96. The predicted molar refractivity (Wildman–Crippen MR) is 73.6 cm³/mol. The Morgan fingerprint density at radius 3 is 2.33 bits per heavy atom. The number of hydrogen-bond acceptors (Lipinski definition) is 3. The average molecular weight is 246 g/mol. The number of hydrogen-bond donors (Lipinski definition) is 0. The Morgan fingerprint density at radius 2 is 1.78 bits per heavy atom. The van der Waals surface area contributed by atoms with Crippen molar-refractivity contribution < 1.29 is 4.74 Å². The molecule has 0 spiro atoms. The third-order valence-electron chi connectivity index (χ3n) is 2.94. The lowest BCUT2D eigenvalue weighted by molar-refractivity contribution is 0.142. The van der Waals surface area contributed by atoms with Crippen LogP contribution in [-0.2, 0) is 0 Å². The number of benzene rings is 1. The van der Waals surface area contributed by atoms with Crippen LogP contribution in [0.1, 0.15) is 33.3 Å². The number of nitrogens with zero attached hydrogens (tertiary/aromatic N) is 2. The van der Waals surface area contributed by atoms with Crippen LogP contribution >= 0.6 is 0 Å². The lowest BCUT2D eigenvalue weighted by Gasteiger charge is -2.30. The third kappa shape index (κ3) is 4.05. The minimum absolute atomic E-state index is 0.500. The first-order valence-corrected chi connectivity index (χ1v) is 6.44. The molecule has 3 nitrogen and oxygen atoms in total. The Labute approximate surface area is 110 Å². The van der Waals surface area contributed by atoms with Crippen LogP contribution in [0.5, 0.6) is 5.75 Å². The van der Waals surface area contributed by atoms with Crippen LogP contribution in [0.25, 0.3) is 0 Å². The van der Waals surface area contributed by atoms with Crippen LogP contribution in [0.4, 0.5) is 0 Å². The zero-order chi connectivity index (χ0) is 13.5. The van der Waals surface area contributed by atoms with Crippen molar-refractivity contribution in [2.45, 2.75) is 39.8 Å². The first kappa shape index (κ1) is 14.5. The van der Waals surface area contributed by atoms with Gasteiger partial charge in [-0.25, -0.2) is 0 Å². The molecule has 0 fully saturated rings. The van der Waals surface area contributed by atoms with E-state index in [1.807, 2.05) is 18.2 Å². The quantitative estimate of drug-likeness (QED) is 0.774. The summed E-state index contributed by atoms with van der Waals surface area (Å²) in [6, 6.07) is 10.5. The highest BCUT2D eigenvalue weighted by atomic mass is 16.5. The highest BCUT2D eigenvalue weighted by molar-refractivity contribution is 5.42. The Bertz CT molecular complexity index is 399. The molecule has 3 heteroatoms. The summed E-state index contributed by atoms with van der Waals surface area (Å²) in [5.74, 6) is 0.674. The Morgan fingerprint density at radius 1 is 1.17 bits per heavy atom. The highest BCUT2D eigenvalue weighted by Crippen LogP contribution is 2.16. The molecule has 98 valence electrons. The van der Waals surface area contributed by atoms with Crippen molar-refractivity contribution in [1.29, 1.82) is 5.26 Å². The summed E-state index contributed by atoms with van der Waals surface area (Å²) in [5, 5.41) is 8.96. The van der Waals surface area contributed by atoms with Crippen molar-refractivity contribution in [2.75, 3.05) is 13.2 Å². The first-order chi connectivity index (χ1) is 8.56. The molecular formula is C15H22N2O. The van der Waals surface area contributed by atoms with E-state index >= 15 is 0 Å². The van der Waals surface area contributed by atoms with Crippen LogP contribution in [-0.4, -0.2) is 30.1 Å². The second-order valence-corrected chi connectivity index (χ2v) is 4.88. The summed E-state index contributed by atoms with van der Waals surface area (Å²) in [5.41, 5.74) is 0.596. The van der Waals surface area contributed by atoms with Crippen LogP contribution < -0.4 is 4.74 Å². The fourth-order valence-electron chi connectivity index (χ4n) is 2.06. The van der Waals surface area contributed by atoms with E-state index in [0.717, 1.165) is 6.54 Å². The van der Waals surface area contributed by atoms with E-state index in [0.29, 0.717) is 30.0 Å². The van der Waals surface area contributed by atoms with E-state index in [-0.39, 0.29) is 0 Å². The summed E-state index contributed by atoms with van der Waals surface area (Å²) in [6.07, 6.45) is 0. The smallest absolute Gasteiger partial charge is 0.137 e. The van der Waals surface area contributed by atoms with E-state index in [2.05, 4.69) is 38.7 Å². The molecule has 0 aliphatic rings. The SMILES string of the molecule is CC(C)N(CCOc1ccccc1C#N)C(C)C. The van der Waals surface area contributed by atoms with Crippen LogP contribution in [0, 0.1) is 11.3 Å². The van der Waals surface area contributed by atoms with Crippen molar-refractivity contribution in [1.82, 2.24) is 4.90 Å². The highest BCUT2D eigenvalue weighted by Gasteiger charge is 2.13. The molecule has 0 amide bonds. The van der Waals surface area contributed by atoms with Gasteiger partial charge in [0.2, 0.25) is 0 Å². The molecule has 0 atom stereocenters. The topological polar surface area (TPSA) is 36.3 Å². The van der Waals surface area contributed by atoms with E-state index in [9.17, 15) is 0 Å². The average Bonchev–Trinajstić information content (AvgIpc) is 2.34. The van der Waals surface area contributed by atoms with Gasteiger partial charge in [-0.2, -0.15) is 5.26 Å². The number of ether oxygens (including phenoxy) is 1. The molecule has 1 aromatic carbocycles. The fraction of sp³-hybridized carbons (Fsp3) is 0.533. The molecule has 1 aromatic rings. The van der Waals surface area contributed by atoms with Gasteiger partial charge in [0, 0.05) is 18.6 Å². The third-order valence-corrected chi connectivity index (χ3v) is 2.94. The second kappa shape index (κ2) is 7.03. The lowest BCUT2D eigenvalue weighted by atomic mass is 10.2. The van der Waals surface area contributed by atoms with Gasteiger partial charge in [0.15, 0.2) is 0 Å². The molecular weight excluding hydrogens is 224 g/mol. The molecule has 0 aliphatic heterocycles. The predicted octanol–water partition coefficient (Wildman–Crippen LogP) is 3.06. The minimum Gasteiger partial charge on any atom is -0.491 e. The molecule has 0 unspecified atom stereocenters. The molecule has 0 heterocycles. The van der Waals surface area contributed by atoms with Gasteiger partial charge in [0.1, 0.15) is 18.4 Å². The van der Waals surface area contributed by atoms with E-state index in [4.69, 9.17) is 10.00 Å². The van der Waals surface area contributed by atoms with Crippen molar-refractivity contribution in [3.05, 3.63) is 29.8 Å². The Balaban J connectivity index is 2.53. The fourth-order valence-corrected chi connectivity index (χ4v) is 2.06. The molecule has 0 saturated carbocycles. The zero-order valence-electron chi connectivity index (χ0n) is 11.7. The summed E-state index contributed by atoms with van der Waals surface area (Å²) in [7, 11) is 0. The number of para-hydroxylation sites is 1. The van der Waals surface area contributed by atoms with E-state index in [1.165, 1.54) is 0 Å². The van der Waals surface area contributed by atoms with Crippen LogP contribution in [0.2, 0.25) is 0 Å². The van der Waals surface area contributed by atoms with Crippen LogP contribution in [0.15, 0.2) is 24.3 Å². The maximum Gasteiger partial charge on any atom is 0.137 e. The summed E-state index contributed by atoms with van der Waals surface area (Å²) in [6.45, 7) is 10.2. The molecule has 0 radical (unpaired) electrons. The second-order valence-electron chi connectivity index (χ2n) is 4.88. The molecule has 0 aromatic heterocycles. The van der Waals surface area contributed by atoms with Gasteiger partial charge >= 0.3 is 0 Å². The molecule has 18 heavy (non-hydrogen) atoms. The summed E-state index contributed by atoms with van der Waals surface area (Å²) >= 11 is 0. The Hall–Kier alpha value is -1.53. The molecule has 1 rings (SSSR count). The number of rotatable bonds is 6. The van der Waals surface area contributed by atoms with Gasteiger partial charge in [0.05, 0.1) is 5.56 Å². The van der Waals surface area contributed by atoms with Crippen molar-refractivity contribution in [3.63, 3.8) is 0 Å². The first-order valence-electron chi connectivity index (χ1n) is 6.44. The zero-order valence-corrected chi connectivity index (χ0v) is 11.7. The molecule has 0 bridgehead atoms. The van der Waals surface area contributed by atoms with Gasteiger partial charge in [-0.15, -0.1) is 0 Å². The Kier molecular flexibility index (Phi) is 5.67. The van der Waals surface area contributed by atoms with Gasteiger partial charge in [0.25, 0.3) is 0 Å². The summed E-state index contributed by atoms with van der Waals surface area (Å²) in [4.78, 5) is 2.37. The van der Waals surface area contributed by atoms with Crippen LogP contribution in [0.3, 0.4) is 0 Å². The van der Waals surface area contributed by atoms with E-state index in [1.54, 1.807) is 6.07 Å².